The van der Waals surface area contributed by atoms with Crippen LogP contribution in [-0.2, 0) is 9.59 Å². The zero-order valence-corrected chi connectivity index (χ0v) is 17.8. The molecule has 0 bridgehead atoms. The summed E-state index contributed by atoms with van der Waals surface area (Å²) < 4.78 is 0. The number of nitrogens with one attached hydrogen (secondary N) is 1. The maximum Gasteiger partial charge on any atom is 0.256 e. The summed E-state index contributed by atoms with van der Waals surface area (Å²) in [7, 11) is 0. The fourth-order valence-electron chi connectivity index (χ4n) is 4.35. The molecule has 1 heterocycles. The average molecular weight is 433 g/mol. The van der Waals surface area contributed by atoms with Crippen LogP contribution in [0.5, 0.6) is 0 Å². The number of carbonyl (C=O) groups is 3. The second-order valence-corrected chi connectivity index (χ2v) is 8.12. The Balaban J connectivity index is 1.44. The number of hydrogen-bond acceptors (Lipinski definition) is 5. The standard InChI is InChI=1S/C25H27N3O4/c29-23(19-10-4-5-11-20(19)25(31)32)26-22-13-7-6-12-21(22)24(30)28-16-14-27(15-17-28)18-8-2-1-3-9-18/h1-9,12-13,19-20H,10-11,14-17H2,(H,26,29)(H,31,32)/p-1/t19-,20-/m0/s1. The van der Waals surface area contributed by atoms with Crippen molar-refractivity contribution >= 4 is 29.2 Å². The second-order valence-electron chi connectivity index (χ2n) is 8.12. The van der Waals surface area contributed by atoms with Gasteiger partial charge in [-0.1, -0.05) is 42.5 Å². The molecule has 0 spiro atoms. The number of carbonyl (C=O) groups excluding carboxylic acids is 3. The first-order chi connectivity index (χ1) is 15.5. The van der Waals surface area contributed by atoms with Crippen LogP contribution in [0.2, 0.25) is 0 Å². The van der Waals surface area contributed by atoms with Crippen molar-refractivity contribution in [2.45, 2.75) is 12.8 Å². The molecule has 0 radical (unpaired) electrons. The topological polar surface area (TPSA) is 92.8 Å². The smallest absolute Gasteiger partial charge is 0.256 e. The largest absolute Gasteiger partial charge is 0.550 e. The number of carboxylic acids is 1. The van der Waals surface area contributed by atoms with Crippen LogP contribution >= 0.6 is 0 Å². The number of hydrogen-bond donors (Lipinski definition) is 1. The number of benzene rings is 2. The molecule has 1 N–H and O–H groups in total. The summed E-state index contributed by atoms with van der Waals surface area (Å²) >= 11 is 0. The summed E-state index contributed by atoms with van der Waals surface area (Å²) in [6.07, 6.45) is 4.18. The fourth-order valence-corrected chi connectivity index (χ4v) is 4.35. The van der Waals surface area contributed by atoms with Crippen molar-refractivity contribution in [2.75, 3.05) is 36.4 Å². The van der Waals surface area contributed by atoms with E-state index in [-0.39, 0.29) is 12.3 Å². The maximum atomic E-state index is 13.2. The van der Waals surface area contributed by atoms with E-state index in [0.29, 0.717) is 30.8 Å². The zero-order valence-electron chi connectivity index (χ0n) is 17.8. The maximum absolute atomic E-state index is 13.2. The second kappa shape index (κ2) is 9.68. The molecule has 2 amide bonds. The highest BCUT2D eigenvalue weighted by atomic mass is 16.4. The quantitative estimate of drug-likeness (QED) is 0.729. The van der Waals surface area contributed by atoms with Crippen LogP contribution in [0.15, 0.2) is 66.7 Å². The Morgan fingerprint density at radius 2 is 1.44 bits per heavy atom. The molecule has 1 saturated heterocycles. The monoisotopic (exact) mass is 432 g/mol. The minimum atomic E-state index is -1.23. The molecule has 7 heteroatoms. The SMILES string of the molecule is O=C([O-])[C@H]1CC=CC[C@@H]1C(=O)Nc1ccccc1C(=O)N1CCN(c2ccccc2)CC1. The Morgan fingerprint density at radius 3 is 2.12 bits per heavy atom. The van der Waals surface area contributed by atoms with E-state index in [0.717, 1.165) is 18.8 Å². The lowest BCUT2D eigenvalue weighted by Crippen LogP contribution is -2.49. The van der Waals surface area contributed by atoms with Gasteiger partial charge in [0.15, 0.2) is 0 Å². The van der Waals surface area contributed by atoms with Crippen molar-refractivity contribution < 1.29 is 19.5 Å². The van der Waals surface area contributed by atoms with Gasteiger partial charge >= 0.3 is 0 Å². The summed E-state index contributed by atoms with van der Waals surface area (Å²) in [4.78, 5) is 41.6. The molecule has 1 aliphatic heterocycles. The lowest BCUT2D eigenvalue weighted by Gasteiger charge is -2.36. The van der Waals surface area contributed by atoms with Gasteiger partial charge in [-0.15, -0.1) is 0 Å². The van der Waals surface area contributed by atoms with Crippen LogP contribution in [0.4, 0.5) is 11.4 Å². The number of para-hydroxylation sites is 2. The number of anilines is 2. The van der Waals surface area contributed by atoms with Crippen molar-refractivity contribution in [1.82, 2.24) is 4.90 Å². The van der Waals surface area contributed by atoms with E-state index < -0.39 is 23.7 Å². The molecule has 166 valence electrons. The third-order valence-corrected chi connectivity index (χ3v) is 6.18. The van der Waals surface area contributed by atoms with Gasteiger partial charge < -0.3 is 25.0 Å². The van der Waals surface area contributed by atoms with Gasteiger partial charge in [0, 0.05) is 43.8 Å². The Bertz CT molecular complexity index is 1010. The van der Waals surface area contributed by atoms with E-state index in [1.165, 1.54) is 0 Å². The van der Waals surface area contributed by atoms with Crippen molar-refractivity contribution in [3.05, 3.63) is 72.3 Å². The third-order valence-electron chi connectivity index (χ3n) is 6.18. The molecule has 2 atom stereocenters. The van der Waals surface area contributed by atoms with E-state index in [2.05, 4.69) is 22.3 Å². The van der Waals surface area contributed by atoms with Crippen LogP contribution in [0.1, 0.15) is 23.2 Å². The van der Waals surface area contributed by atoms with Crippen LogP contribution in [-0.4, -0.2) is 48.9 Å². The molecule has 0 saturated carbocycles. The summed E-state index contributed by atoms with van der Waals surface area (Å²) in [5.74, 6) is -3.36. The van der Waals surface area contributed by atoms with Crippen molar-refractivity contribution in [3.63, 3.8) is 0 Å². The molecule has 4 rings (SSSR count). The van der Waals surface area contributed by atoms with E-state index in [1.807, 2.05) is 24.3 Å². The molecule has 1 aliphatic carbocycles. The van der Waals surface area contributed by atoms with Gasteiger partial charge in [-0.3, -0.25) is 9.59 Å². The summed E-state index contributed by atoms with van der Waals surface area (Å²) in [5, 5.41) is 14.2. The first kappa shape index (κ1) is 21.6. The first-order valence-corrected chi connectivity index (χ1v) is 10.9. The molecule has 7 nitrogen and oxygen atoms in total. The predicted molar refractivity (Wildman–Crippen MR) is 120 cm³/mol. The van der Waals surface area contributed by atoms with E-state index in [4.69, 9.17) is 0 Å². The van der Waals surface area contributed by atoms with Crippen molar-refractivity contribution in [1.29, 1.82) is 0 Å². The van der Waals surface area contributed by atoms with Gasteiger partial charge in [-0.25, -0.2) is 0 Å². The van der Waals surface area contributed by atoms with Crippen LogP contribution in [0.25, 0.3) is 0 Å². The third kappa shape index (κ3) is 4.66. The summed E-state index contributed by atoms with van der Waals surface area (Å²) in [5.41, 5.74) is 1.95. The molecule has 0 aromatic heterocycles. The summed E-state index contributed by atoms with van der Waals surface area (Å²) in [6.45, 7) is 2.62. The van der Waals surface area contributed by atoms with E-state index >= 15 is 0 Å². The lowest BCUT2D eigenvalue weighted by molar-refractivity contribution is -0.313. The van der Waals surface area contributed by atoms with Crippen molar-refractivity contribution in [3.8, 4) is 0 Å². The van der Waals surface area contributed by atoms with Crippen molar-refractivity contribution in [2.24, 2.45) is 11.8 Å². The number of allylic oxidation sites excluding steroid dienone is 2. The lowest BCUT2D eigenvalue weighted by atomic mass is 9.82. The minimum Gasteiger partial charge on any atom is -0.550 e. The highest BCUT2D eigenvalue weighted by molar-refractivity contribution is 6.04. The first-order valence-electron chi connectivity index (χ1n) is 10.9. The number of piperazine rings is 1. The molecule has 32 heavy (non-hydrogen) atoms. The Hall–Kier alpha value is -3.61. The fraction of sp³-hybridized carbons (Fsp3) is 0.320. The highest BCUT2D eigenvalue weighted by Gasteiger charge is 2.31. The van der Waals surface area contributed by atoms with Gasteiger partial charge in [0.1, 0.15) is 0 Å². The predicted octanol–water partition coefficient (Wildman–Crippen LogP) is 1.92. The number of rotatable bonds is 5. The Labute approximate surface area is 187 Å². The number of amides is 2. The van der Waals surface area contributed by atoms with Crippen LogP contribution < -0.4 is 15.3 Å². The van der Waals surface area contributed by atoms with Gasteiger partial charge in [0.05, 0.1) is 17.2 Å². The Morgan fingerprint density at radius 1 is 0.812 bits per heavy atom. The van der Waals surface area contributed by atoms with Crippen LogP contribution in [0, 0.1) is 11.8 Å². The van der Waals surface area contributed by atoms with Gasteiger partial charge in [-0.2, -0.15) is 0 Å². The molecule has 0 unspecified atom stereocenters. The molecular weight excluding hydrogens is 406 g/mol. The van der Waals surface area contributed by atoms with Gasteiger partial charge in [0.25, 0.3) is 5.91 Å². The minimum absolute atomic E-state index is 0.145. The summed E-state index contributed by atoms with van der Waals surface area (Å²) in [6, 6.07) is 17.0. The number of nitrogens with zero attached hydrogens (tertiary/aromatic N) is 2. The van der Waals surface area contributed by atoms with E-state index in [9.17, 15) is 19.5 Å². The molecular formula is C25H26N3O4-. The average Bonchev–Trinajstić information content (AvgIpc) is 2.84. The van der Waals surface area contributed by atoms with Gasteiger partial charge in [0.2, 0.25) is 5.91 Å². The van der Waals surface area contributed by atoms with Crippen LogP contribution in [0.3, 0.4) is 0 Å². The zero-order chi connectivity index (χ0) is 22.5. The molecule has 1 fully saturated rings. The molecule has 2 aromatic rings. The Kier molecular flexibility index (Phi) is 6.54. The highest BCUT2D eigenvalue weighted by Crippen LogP contribution is 2.28. The van der Waals surface area contributed by atoms with E-state index in [1.54, 1.807) is 35.2 Å². The normalized spacial score (nSPS) is 20.6. The van der Waals surface area contributed by atoms with Gasteiger partial charge in [-0.05, 0) is 37.1 Å². The number of carboxylic acid groups (broad SMARTS) is 1. The molecule has 2 aromatic carbocycles. The number of aliphatic carboxylic acids is 1. The molecule has 2 aliphatic rings.